The molecule has 0 saturated carbocycles. The van der Waals surface area contributed by atoms with Crippen LogP contribution in [0, 0.1) is 5.92 Å². The molecule has 2 N–H and O–H groups in total. The third-order valence-corrected chi connectivity index (χ3v) is 4.09. The molecule has 1 saturated heterocycles. The van der Waals surface area contributed by atoms with Gasteiger partial charge in [-0.05, 0) is 50.6 Å². The summed E-state index contributed by atoms with van der Waals surface area (Å²) in [5.41, 5.74) is 0.117. The summed E-state index contributed by atoms with van der Waals surface area (Å²) in [6.07, 6.45) is -3.13. The minimum absolute atomic E-state index is 0. The third-order valence-electron chi connectivity index (χ3n) is 4.09. The van der Waals surface area contributed by atoms with E-state index in [9.17, 15) is 13.2 Å². The highest BCUT2D eigenvalue weighted by Gasteiger charge is 2.29. The summed E-state index contributed by atoms with van der Waals surface area (Å²) in [5, 5.41) is 6.49. The molecule has 25 heavy (non-hydrogen) atoms. The Morgan fingerprint density at radius 2 is 1.92 bits per heavy atom. The van der Waals surface area contributed by atoms with Crippen molar-refractivity contribution < 1.29 is 13.2 Å². The van der Waals surface area contributed by atoms with Gasteiger partial charge in [0.25, 0.3) is 0 Å². The largest absolute Gasteiger partial charge is 0.416 e. The maximum absolute atomic E-state index is 12.6. The van der Waals surface area contributed by atoms with E-state index in [1.54, 1.807) is 0 Å². The van der Waals surface area contributed by atoms with E-state index >= 15 is 0 Å². The lowest BCUT2D eigenvalue weighted by atomic mass is 10.1. The Labute approximate surface area is 164 Å². The van der Waals surface area contributed by atoms with Gasteiger partial charge < -0.3 is 15.5 Å². The molecular weight excluding hydrogens is 444 g/mol. The van der Waals surface area contributed by atoms with E-state index in [0.717, 1.165) is 43.9 Å². The topological polar surface area (TPSA) is 39.7 Å². The SMILES string of the molecule is CCNC(=NCc1ccc(C(F)(F)F)cc1)NCC1CCN(C)C1.I. The van der Waals surface area contributed by atoms with Crippen molar-refractivity contribution in [2.24, 2.45) is 10.9 Å². The summed E-state index contributed by atoms with van der Waals surface area (Å²) in [6, 6.07) is 5.14. The fraction of sp³-hybridized carbons (Fsp3) is 0.588. The Morgan fingerprint density at radius 1 is 1.24 bits per heavy atom. The smallest absolute Gasteiger partial charge is 0.357 e. The minimum Gasteiger partial charge on any atom is -0.357 e. The van der Waals surface area contributed by atoms with E-state index in [-0.39, 0.29) is 24.0 Å². The summed E-state index contributed by atoms with van der Waals surface area (Å²) in [6.45, 7) is 6.11. The monoisotopic (exact) mass is 470 g/mol. The predicted molar refractivity (Wildman–Crippen MR) is 105 cm³/mol. The van der Waals surface area contributed by atoms with E-state index in [2.05, 4.69) is 27.6 Å². The van der Waals surface area contributed by atoms with Gasteiger partial charge in [-0.25, -0.2) is 4.99 Å². The Balaban J connectivity index is 0.00000312. The lowest BCUT2D eigenvalue weighted by Crippen LogP contribution is -2.40. The van der Waals surface area contributed by atoms with Crippen molar-refractivity contribution in [2.45, 2.75) is 26.1 Å². The van der Waals surface area contributed by atoms with Crippen LogP contribution >= 0.6 is 24.0 Å². The van der Waals surface area contributed by atoms with Crippen molar-refractivity contribution in [1.82, 2.24) is 15.5 Å². The third kappa shape index (κ3) is 7.39. The van der Waals surface area contributed by atoms with Gasteiger partial charge in [0.2, 0.25) is 0 Å². The molecule has 0 amide bonds. The second kappa shape index (κ2) is 10.2. The molecule has 1 aliphatic rings. The Morgan fingerprint density at radius 3 is 2.44 bits per heavy atom. The average molecular weight is 470 g/mol. The van der Waals surface area contributed by atoms with Gasteiger partial charge >= 0.3 is 6.18 Å². The molecule has 0 aromatic heterocycles. The van der Waals surface area contributed by atoms with Crippen LogP contribution in [0.15, 0.2) is 29.3 Å². The van der Waals surface area contributed by atoms with Crippen molar-refractivity contribution in [1.29, 1.82) is 0 Å². The molecule has 142 valence electrons. The summed E-state index contributed by atoms with van der Waals surface area (Å²) >= 11 is 0. The van der Waals surface area contributed by atoms with E-state index in [4.69, 9.17) is 0 Å². The number of guanidine groups is 1. The van der Waals surface area contributed by atoms with E-state index < -0.39 is 11.7 Å². The number of nitrogens with one attached hydrogen (secondary N) is 2. The molecule has 1 fully saturated rings. The fourth-order valence-corrected chi connectivity index (χ4v) is 2.75. The van der Waals surface area contributed by atoms with E-state index in [1.807, 2.05) is 6.92 Å². The fourth-order valence-electron chi connectivity index (χ4n) is 2.75. The number of halogens is 4. The lowest BCUT2D eigenvalue weighted by molar-refractivity contribution is -0.137. The highest BCUT2D eigenvalue weighted by Crippen LogP contribution is 2.29. The van der Waals surface area contributed by atoms with Gasteiger partial charge in [0, 0.05) is 19.6 Å². The maximum Gasteiger partial charge on any atom is 0.416 e. The van der Waals surface area contributed by atoms with Crippen LogP contribution in [0.1, 0.15) is 24.5 Å². The van der Waals surface area contributed by atoms with Crippen molar-refractivity contribution in [2.75, 3.05) is 33.2 Å². The Bertz CT molecular complexity index is 546. The van der Waals surface area contributed by atoms with Crippen molar-refractivity contribution in [3.05, 3.63) is 35.4 Å². The van der Waals surface area contributed by atoms with Crippen LogP contribution in [-0.2, 0) is 12.7 Å². The first kappa shape index (κ1) is 22.0. The number of hydrogen-bond donors (Lipinski definition) is 2. The maximum atomic E-state index is 12.6. The number of rotatable bonds is 5. The number of aliphatic imine (C=N–C) groups is 1. The van der Waals surface area contributed by atoms with Gasteiger partial charge in [-0.1, -0.05) is 12.1 Å². The second-order valence-corrected chi connectivity index (χ2v) is 6.19. The molecule has 4 nitrogen and oxygen atoms in total. The molecule has 1 aromatic rings. The zero-order chi connectivity index (χ0) is 17.6. The van der Waals surface area contributed by atoms with Crippen LogP contribution in [0.4, 0.5) is 13.2 Å². The first-order chi connectivity index (χ1) is 11.4. The molecule has 0 radical (unpaired) electrons. The van der Waals surface area contributed by atoms with Crippen molar-refractivity contribution >= 4 is 29.9 Å². The molecule has 0 aliphatic carbocycles. The molecule has 1 aromatic carbocycles. The lowest BCUT2D eigenvalue weighted by Gasteiger charge is -2.15. The molecule has 2 rings (SSSR count). The molecule has 0 bridgehead atoms. The highest BCUT2D eigenvalue weighted by atomic mass is 127. The summed E-state index contributed by atoms with van der Waals surface area (Å²) < 4.78 is 37.7. The number of benzene rings is 1. The van der Waals surface area contributed by atoms with Gasteiger partial charge in [0.15, 0.2) is 5.96 Å². The minimum atomic E-state index is -4.30. The summed E-state index contributed by atoms with van der Waals surface area (Å²) in [5.74, 6) is 1.30. The van der Waals surface area contributed by atoms with Crippen molar-refractivity contribution in [3.8, 4) is 0 Å². The van der Waals surface area contributed by atoms with Gasteiger partial charge in [0.05, 0.1) is 12.1 Å². The summed E-state index contributed by atoms with van der Waals surface area (Å²) in [4.78, 5) is 6.76. The molecule has 0 spiro atoms. The Hall–Kier alpha value is -1.03. The number of likely N-dealkylation sites (tertiary alicyclic amines) is 1. The van der Waals surface area contributed by atoms with Crippen LogP contribution in [0.3, 0.4) is 0 Å². The average Bonchev–Trinajstić information content (AvgIpc) is 2.95. The number of hydrogen-bond acceptors (Lipinski definition) is 2. The first-order valence-corrected chi connectivity index (χ1v) is 8.25. The molecule has 1 unspecified atom stereocenters. The van der Waals surface area contributed by atoms with Gasteiger partial charge in [0.1, 0.15) is 0 Å². The second-order valence-electron chi connectivity index (χ2n) is 6.19. The van der Waals surface area contributed by atoms with Crippen LogP contribution in [0.2, 0.25) is 0 Å². The van der Waals surface area contributed by atoms with Gasteiger partial charge in [-0.3, -0.25) is 0 Å². The van der Waals surface area contributed by atoms with Crippen LogP contribution in [0.5, 0.6) is 0 Å². The molecule has 1 aliphatic heterocycles. The standard InChI is InChI=1S/C17H25F3N4.HI/c1-3-21-16(23-11-14-8-9-24(2)12-14)22-10-13-4-6-15(7-5-13)17(18,19)20;/h4-7,14H,3,8-12H2,1-2H3,(H2,21,22,23);1H. The molecule has 8 heteroatoms. The molecule has 1 atom stereocenters. The van der Waals surface area contributed by atoms with Gasteiger partial charge in [-0.15, -0.1) is 24.0 Å². The van der Waals surface area contributed by atoms with Crippen LogP contribution in [-0.4, -0.2) is 44.1 Å². The zero-order valence-electron chi connectivity index (χ0n) is 14.6. The zero-order valence-corrected chi connectivity index (χ0v) is 16.9. The van der Waals surface area contributed by atoms with Crippen molar-refractivity contribution in [3.63, 3.8) is 0 Å². The quantitative estimate of drug-likeness (QED) is 0.394. The van der Waals surface area contributed by atoms with Gasteiger partial charge in [-0.2, -0.15) is 13.2 Å². The highest BCUT2D eigenvalue weighted by molar-refractivity contribution is 14.0. The Kier molecular flexibility index (Phi) is 8.98. The molecule has 1 heterocycles. The van der Waals surface area contributed by atoms with E-state index in [1.165, 1.54) is 18.6 Å². The summed E-state index contributed by atoms with van der Waals surface area (Å²) in [7, 11) is 2.11. The van der Waals surface area contributed by atoms with E-state index in [0.29, 0.717) is 18.4 Å². The van der Waals surface area contributed by atoms with Crippen LogP contribution in [0.25, 0.3) is 0 Å². The molecular formula is C17H26F3IN4. The van der Waals surface area contributed by atoms with Crippen LogP contribution < -0.4 is 10.6 Å². The normalized spacial score (nSPS) is 18.8. The number of alkyl halides is 3. The number of nitrogens with zero attached hydrogens (tertiary/aromatic N) is 2. The predicted octanol–water partition coefficient (Wildman–Crippen LogP) is 3.33. The first-order valence-electron chi connectivity index (χ1n) is 8.25.